The second-order valence-electron chi connectivity index (χ2n) is 4.90. The van der Waals surface area contributed by atoms with Gasteiger partial charge in [-0.2, -0.15) is 0 Å². The number of carbonyl (C=O) groups is 1. The monoisotopic (exact) mass is 327 g/mol. The Labute approximate surface area is 137 Å². The predicted molar refractivity (Wildman–Crippen MR) is 87.8 cm³/mol. The van der Waals surface area contributed by atoms with Crippen molar-refractivity contribution in [1.29, 1.82) is 0 Å². The summed E-state index contributed by atoms with van der Waals surface area (Å²) in [7, 11) is 0. The highest BCUT2D eigenvalue weighted by Gasteiger charge is 2.07. The summed E-state index contributed by atoms with van der Waals surface area (Å²) in [4.78, 5) is 20.4. The van der Waals surface area contributed by atoms with Gasteiger partial charge in [0.05, 0.1) is 5.69 Å². The van der Waals surface area contributed by atoms with E-state index in [2.05, 4.69) is 15.3 Å². The molecule has 3 aromatic rings. The van der Waals surface area contributed by atoms with Gasteiger partial charge < -0.3 is 5.32 Å². The lowest BCUT2D eigenvalue weighted by Gasteiger charge is -2.04. The number of nitrogens with one attached hydrogen (secondary N) is 1. The van der Waals surface area contributed by atoms with Gasteiger partial charge in [-0.25, -0.2) is 9.37 Å². The number of pyridine rings is 1. The van der Waals surface area contributed by atoms with E-state index in [0.29, 0.717) is 18.5 Å². The standard InChI is InChI=1S/C17H14FN3OS/c18-14-3-1-2-13(10-14)16(22)20-9-6-15-11-23-17(21-15)12-4-7-19-8-5-12/h1-5,7-8,10-11H,6,9H2,(H,20,22). The lowest BCUT2D eigenvalue weighted by atomic mass is 10.2. The fourth-order valence-electron chi connectivity index (χ4n) is 2.08. The van der Waals surface area contributed by atoms with E-state index >= 15 is 0 Å². The van der Waals surface area contributed by atoms with Crippen LogP contribution < -0.4 is 5.32 Å². The fraction of sp³-hybridized carbons (Fsp3) is 0.118. The molecule has 4 nitrogen and oxygen atoms in total. The van der Waals surface area contributed by atoms with Crippen molar-refractivity contribution >= 4 is 17.2 Å². The van der Waals surface area contributed by atoms with E-state index in [1.165, 1.54) is 18.2 Å². The first kappa shape index (κ1) is 15.3. The van der Waals surface area contributed by atoms with Gasteiger partial charge in [0.15, 0.2) is 0 Å². The van der Waals surface area contributed by atoms with Crippen LogP contribution in [0.4, 0.5) is 4.39 Å². The van der Waals surface area contributed by atoms with Gasteiger partial charge in [0.1, 0.15) is 10.8 Å². The smallest absolute Gasteiger partial charge is 0.251 e. The largest absolute Gasteiger partial charge is 0.352 e. The van der Waals surface area contributed by atoms with Gasteiger partial charge in [0, 0.05) is 41.9 Å². The molecule has 0 saturated heterocycles. The minimum atomic E-state index is -0.417. The summed E-state index contributed by atoms with van der Waals surface area (Å²) in [5.41, 5.74) is 2.27. The number of nitrogens with zero attached hydrogens (tertiary/aromatic N) is 2. The molecule has 3 rings (SSSR count). The quantitative estimate of drug-likeness (QED) is 0.782. The maximum Gasteiger partial charge on any atom is 0.251 e. The number of hydrogen-bond donors (Lipinski definition) is 1. The minimum absolute atomic E-state index is 0.283. The van der Waals surface area contributed by atoms with Gasteiger partial charge in [-0.3, -0.25) is 9.78 Å². The van der Waals surface area contributed by atoms with Crippen molar-refractivity contribution in [2.75, 3.05) is 6.54 Å². The van der Waals surface area contributed by atoms with Gasteiger partial charge in [-0.05, 0) is 30.3 Å². The van der Waals surface area contributed by atoms with Crippen molar-refractivity contribution in [1.82, 2.24) is 15.3 Å². The van der Waals surface area contributed by atoms with E-state index in [1.807, 2.05) is 17.5 Å². The zero-order valence-corrected chi connectivity index (χ0v) is 13.0. The van der Waals surface area contributed by atoms with Crippen LogP contribution in [0.25, 0.3) is 10.6 Å². The van der Waals surface area contributed by atoms with E-state index in [4.69, 9.17) is 0 Å². The molecule has 1 aromatic carbocycles. The van der Waals surface area contributed by atoms with Gasteiger partial charge >= 0.3 is 0 Å². The number of benzene rings is 1. The maximum atomic E-state index is 13.1. The van der Waals surface area contributed by atoms with Crippen LogP contribution in [0.2, 0.25) is 0 Å². The summed E-state index contributed by atoms with van der Waals surface area (Å²) in [5.74, 6) is -0.701. The molecule has 0 atom stereocenters. The highest BCUT2D eigenvalue weighted by Crippen LogP contribution is 2.22. The Hall–Kier alpha value is -2.60. The molecule has 0 fully saturated rings. The third-order valence-electron chi connectivity index (χ3n) is 3.23. The average molecular weight is 327 g/mol. The number of carbonyl (C=O) groups excluding carboxylic acids is 1. The molecule has 0 radical (unpaired) electrons. The molecule has 0 spiro atoms. The summed E-state index contributed by atoms with van der Waals surface area (Å²) in [6.07, 6.45) is 4.09. The van der Waals surface area contributed by atoms with Crippen LogP contribution in [0.3, 0.4) is 0 Å². The topological polar surface area (TPSA) is 54.9 Å². The zero-order chi connectivity index (χ0) is 16.1. The molecule has 0 aliphatic carbocycles. The Balaban J connectivity index is 1.55. The predicted octanol–water partition coefficient (Wildman–Crippen LogP) is 3.32. The van der Waals surface area contributed by atoms with Gasteiger partial charge in [-0.1, -0.05) is 6.07 Å². The number of halogens is 1. The molecule has 2 aromatic heterocycles. The molecule has 0 aliphatic heterocycles. The number of hydrogen-bond acceptors (Lipinski definition) is 4. The molecule has 6 heteroatoms. The Morgan fingerprint density at radius 3 is 2.83 bits per heavy atom. The van der Waals surface area contributed by atoms with Crippen molar-refractivity contribution in [3.8, 4) is 10.6 Å². The molecule has 0 unspecified atom stereocenters. The molecule has 2 heterocycles. The molecular formula is C17H14FN3OS. The van der Waals surface area contributed by atoms with Crippen LogP contribution in [0.15, 0.2) is 54.2 Å². The van der Waals surface area contributed by atoms with Crippen LogP contribution in [-0.4, -0.2) is 22.4 Å². The zero-order valence-electron chi connectivity index (χ0n) is 12.2. The maximum absolute atomic E-state index is 13.1. The molecule has 1 N–H and O–H groups in total. The molecule has 23 heavy (non-hydrogen) atoms. The first-order valence-electron chi connectivity index (χ1n) is 7.11. The van der Waals surface area contributed by atoms with Crippen molar-refractivity contribution in [3.63, 3.8) is 0 Å². The number of thiazole rings is 1. The first-order valence-corrected chi connectivity index (χ1v) is 7.99. The lowest BCUT2D eigenvalue weighted by Crippen LogP contribution is -2.25. The minimum Gasteiger partial charge on any atom is -0.352 e. The highest BCUT2D eigenvalue weighted by atomic mass is 32.1. The van der Waals surface area contributed by atoms with E-state index in [9.17, 15) is 9.18 Å². The summed E-state index contributed by atoms with van der Waals surface area (Å²) >= 11 is 1.56. The Morgan fingerprint density at radius 1 is 1.22 bits per heavy atom. The molecule has 0 aliphatic rings. The lowest BCUT2D eigenvalue weighted by molar-refractivity contribution is 0.0953. The molecule has 0 bridgehead atoms. The Kier molecular flexibility index (Phi) is 4.73. The van der Waals surface area contributed by atoms with Crippen LogP contribution in [0.5, 0.6) is 0 Å². The van der Waals surface area contributed by atoms with E-state index in [1.54, 1.807) is 29.8 Å². The number of rotatable bonds is 5. The third-order valence-corrected chi connectivity index (χ3v) is 4.17. The molecule has 116 valence electrons. The number of aromatic nitrogens is 2. The van der Waals surface area contributed by atoms with Gasteiger partial charge in [0.25, 0.3) is 5.91 Å². The van der Waals surface area contributed by atoms with Crippen LogP contribution >= 0.6 is 11.3 Å². The molecule has 1 amide bonds. The van der Waals surface area contributed by atoms with E-state index in [-0.39, 0.29) is 5.91 Å². The average Bonchev–Trinajstić information content (AvgIpc) is 3.04. The Bertz CT molecular complexity index is 804. The van der Waals surface area contributed by atoms with E-state index < -0.39 is 5.82 Å². The summed E-state index contributed by atoms with van der Waals surface area (Å²) < 4.78 is 13.1. The molecule has 0 saturated carbocycles. The highest BCUT2D eigenvalue weighted by molar-refractivity contribution is 7.13. The van der Waals surface area contributed by atoms with Crippen molar-refractivity contribution in [2.45, 2.75) is 6.42 Å². The SMILES string of the molecule is O=C(NCCc1csc(-c2ccncc2)n1)c1cccc(F)c1. The first-order chi connectivity index (χ1) is 11.2. The number of amides is 1. The van der Waals surface area contributed by atoms with E-state index in [0.717, 1.165) is 16.3 Å². The summed E-state index contributed by atoms with van der Waals surface area (Å²) in [5, 5.41) is 5.68. The van der Waals surface area contributed by atoms with Crippen LogP contribution in [0, 0.1) is 5.82 Å². The van der Waals surface area contributed by atoms with Crippen molar-refractivity contribution in [2.24, 2.45) is 0 Å². The van der Waals surface area contributed by atoms with Crippen LogP contribution in [-0.2, 0) is 6.42 Å². The molecular weight excluding hydrogens is 313 g/mol. The fourth-order valence-corrected chi connectivity index (χ4v) is 2.95. The summed E-state index contributed by atoms with van der Waals surface area (Å²) in [6.45, 7) is 0.453. The van der Waals surface area contributed by atoms with Crippen LogP contribution in [0.1, 0.15) is 16.1 Å². The summed E-state index contributed by atoms with van der Waals surface area (Å²) in [6, 6.07) is 9.46. The third kappa shape index (κ3) is 3.98. The second kappa shape index (κ2) is 7.11. The van der Waals surface area contributed by atoms with Crippen molar-refractivity contribution in [3.05, 3.63) is 71.2 Å². The normalized spacial score (nSPS) is 10.5. The second-order valence-corrected chi connectivity index (χ2v) is 5.75. The Morgan fingerprint density at radius 2 is 2.04 bits per heavy atom. The van der Waals surface area contributed by atoms with Gasteiger partial charge in [0.2, 0.25) is 0 Å². The van der Waals surface area contributed by atoms with Gasteiger partial charge in [-0.15, -0.1) is 11.3 Å². The van der Waals surface area contributed by atoms with Crippen molar-refractivity contribution < 1.29 is 9.18 Å².